The number of rotatable bonds is 26. The molecule has 78 heavy (non-hydrogen) atoms. The smallest absolute Gasteiger partial charge is 0.407 e. The lowest BCUT2D eigenvalue weighted by atomic mass is 9.52. The third-order valence-corrected chi connectivity index (χ3v) is 19.0. The first kappa shape index (κ1) is 62.5. The molecule has 434 valence electrons. The molecule has 0 radical (unpaired) electrons. The van der Waals surface area contributed by atoms with E-state index in [-0.39, 0.29) is 79.2 Å². The maximum absolute atomic E-state index is 12.2. The molecule has 0 aliphatic carbocycles. The highest BCUT2D eigenvalue weighted by Gasteiger charge is 2.61. The lowest BCUT2D eigenvalue weighted by molar-refractivity contribution is -0.340. The van der Waals surface area contributed by atoms with Crippen LogP contribution in [0, 0.1) is 33.0 Å². The van der Waals surface area contributed by atoms with Crippen LogP contribution in [0.5, 0.6) is 17.2 Å². The number of benzene rings is 3. The van der Waals surface area contributed by atoms with Gasteiger partial charge in [0.15, 0.2) is 18.9 Å². The lowest BCUT2D eigenvalue weighted by Crippen LogP contribution is -2.61. The largest absolute Gasteiger partial charge is 0.508 e. The van der Waals surface area contributed by atoms with E-state index in [0.29, 0.717) is 25.2 Å². The molecule has 13 unspecified atom stereocenters. The van der Waals surface area contributed by atoms with Crippen molar-refractivity contribution >= 4 is 12.1 Å². The molecule has 3 N–H and O–H groups in total. The Morgan fingerprint density at radius 1 is 0.590 bits per heavy atom. The van der Waals surface area contributed by atoms with Gasteiger partial charge in [-0.2, -0.15) is 0 Å². The fourth-order valence-electron chi connectivity index (χ4n) is 12.2. The second-order valence-corrected chi connectivity index (χ2v) is 24.1. The number of alkyl carbamates (subject to hydrolysis) is 1. The first-order valence-electron chi connectivity index (χ1n) is 29.0. The zero-order valence-electron chi connectivity index (χ0n) is 49.3. The molecule has 0 saturated carbocycles. The molecule has 1 amide bonds. The fourth-order valence-corrected chi connectivity index (χ4v) is 12.2. The summed E-state index contributed by atoms with van der Waals surface area (Å²) in [6.45, 7) is 34.0. The van der Waals surface area contributed by atoms with Crippen molar-refractivity contribution < 1.29 is 62.4 Å². The van der Waals surface area contributed by atoms with E-state index in [2.05, 4.69) is 102 Å². The summed E-state index contributed by atoms with van der Waals surface area (Å²) in [6.07, 6.45) is 5.12. The summed E-state index contributed by atoms with van der Waals surface area (Å²) in [5.74, 6) is 0.729. The number of phenolic OH excluding ortho intramolecular Hbond substituents is 2. The van der Waals surface area contributed by atoms with Crippen LogP contribution < -0.4 is 10.1 Å². The van der Waals surface area contributed by atoms with Gasteiger partial charge in [-0.15, -0.1) is 0 Å². The molecule has 3 saturated heterocycles. The van der Waals surface area contributed by atoms with Crippen LogP contribution in [0.3, 0.4) is 0 Å². The van der Waals surface area contributed by atoms with Gasteiger partial charge < -0.3 is 58.2 Å². The number of esters is 1. The van der Waals surface area contributed by atoms with Crippen molar-refractivity contribution in [1.82, 2.24) is 5.32 Å². The van der Waals surface area contributed by atoms with E-state index in [9.17, 15) is 19.8 Å². The van der Waals surface area contributed by atoms with Crippen molar-refractivity contribution in [3.8, 4) is 17.2 Å². The predicted molar refractivity (Wildman–Crippen MR) is 302 cm³/mol. The molecule has 14 nitrogen and oxygen atoms in total. The summed E-state index contributed by atoms with van der Waals surface area (Å²) < 4.78 is 59.3. The van der Waals surface area contributed by atoms with Crippen molar-refractivity contribution in [2.45, 2.75) is 210 Å². The van der Waals surface area contributed by atoms with Crippen LogP contribution >= 0.6 is 0 Å². The van der Waals surface area contributed by atoms with Gasteiger partial charge in [0.05, 0.1) is 56.4 Å². The second-order valence-electron chi connectivity index (χ2n) is 24.1. The van der Waals surface area contributed by atoms with E-state index < -0.39 is 52.6 Å². The number of ether oxygens (including phenoxy) is 9. The van der Waals surface area contributed by atoms with Crippen molar-refractivity contribution in [1.29, 1.82) is 0 Å². The Morgan fingerprint density at radius 3 is 1.47 bits per heavy atom. The third-order valence-electron chi connectivity index (χ3n) is 19.0. The molecule has 0 spiro atoms. The quantitative estimate of drug-likeness (QED) is 0.0395. The highest BCUT2D eigenvalue weighted by Crippen LogP contribution is 2.61. The molecule has 14 heteroatoms. The fraction of sp³-hybridized carbons (Fsp3) is 0.656. The van der Waals surface area contributed by atoms with Crippen LogP contribution in [-0.2, 0) is 42.7 Å². The summed E-state index contributed by atoms with van der Waals surface area (Å²) in [5, 5.41) is 23.1. The maximum Gasteiger partial charge on any atom is 0.407 e. The van der Waals surface area contributed by atoms with E-state index in [1.54, 1.807) is 24.3 Å². The molecule has 3 aliphatic rings. The molecule has 13 atom stereocenters. The summed E-state index contributed by atoms with van der Waals surface area (Å²) >= 11 is 0. The zero-order valence-corrected chi connectivity index (χ0v) is 49.3. The number of amides is 1. The van der Waals surface area contributed by atoms with E-state index in [1.165, 1.54) is 0 Å². The molecule has 3 fully saturated rings. The number of carbonyl (C=O) groups excluding carboxylic acids is 2. The highest BCUT2D eigenvalue weighted by atomic mass is 16.7. The summed E-state index contributed by atoms with van der Waals surface area (Å²) in [7, 11) is 0. The van der Waals surface area contributed by atoms with Gasteiger partial charge >= 0.3 is 12.1 Å². The predicted octanol–water partition coefficient (Wildman–Crippen LogP) is 14.4. The standard InChI is InChI=1S/C64H95NO13/c1-15-55(68)71-37-34-65-59(69)72-36-21-35-70-48-32-26-45(27-33-48)58-77-53(63(13,19-5)61(11,17-3)51-38-49(41-60(9,10)16-2)73-56(75-51)43-22-28-46(66)29-23-43)40-54(78-58)64(14,20-6)62(12,18-4)52-39-50(42(7)8)74-57(76-52)44-24-30-47(67)31-25-44/h15,22-33,42,49-54,56-58,66-67H,1,16-21,34-41H2,2-14H3,(H,65,69). The topological polar surface area (TPSA) is 170 Å². The first-order chi connectivity index (χ1) is 37.0. The second kappa shape index (κ2) is 27.2. The van der Waals surface area contributed by atoms with Gasteiger partial charge in [-0.1, -0.05) is 139 Å². The average molecular weight is 1090 g/mol. The van der Waals surface area contributed by atoms with Crippen LogP contribution in [0.2, 0.25) is 0 Å². The van der Waals surface area contributed by atoms with Gasteiger partial charge in [-0.05, 0) is 79.8 Å². The average Bonchev–Trinajstić information content (AvgIpc) is 3.62. The Kier molecular flexibility index (Phi) is 21.8. The maximum atomic E-state index is 12.2. The Bertz CT molecular complexity index is 2360. The molecule has 3 heterocycles. The van der Waals surface area contributed by atoms with E-state index in [0.717, 1.165) is 74.1 Å². The first-order valence-corrected chi connectivity index (χ1v) is 29.0. The number of nitrogens with one attached hydrogen (secondary N) is 1. The molecule has 0 bridgehead atoms. The minimum atomic E-state index is -0.726. The lowest BCUT2D eigenvalue weighted by Gasteiger charge is -2.61. The normalized spacial score (nSPS) is 27.0. The molecule has 6 rings (SSSR count). The van der Waals surface area contributed by atoms with Gasteiger partial charge in [0, 0.05) is 70.1 Å². The summed E-state index contributed by atoms with van der Waals surface area (Å²) in [4.78, 5) is 23.4. The van der Waals surface area contributed by atoms with Crippen LogP contribution in [0.4, 0.5) is 4.79 Å². The van der Waals surface area contributed by atoms with E-state index in [1.807, 2.05) is 48.5 Å². The number of hydrogen-bond donors (Lipinski definition) is 3. The van der Waals surface area contributed by atoms with E-state index in [4.69, 9.17) is 42.6 Å². The number of aromatic hydroxyl groups is 2. The monoisotopic (exact) mass is 1090 g/mol. The summed E-state index contributed by atoms with van der Waals surface area (Å²) in [5.41, 5.74) is 0.941. The minimum Gasteiger partial charge on any atom is -0.508 e. The SMILES string of the molecule is C=CC(=O)OCCNC(=O)OCCCOc1ccc(C2OC(C(C)(CC)C(C)(CC)C3CC(CC(C)(C)CC)OC(c4ccc(O)cc4)O3)CC(C(C)(CC)C(C)(CC)C3CC(C(C)C)OC(c4ccc(O)cc4)O3)O2)cc1. The molecule has 3 aromatic rings. The number of hydrogen-bond acceptors (Lipinski definition) is 13. The number of phenols is 2. The summed E-state index contributed by atoms with van der Waals surface area (Å²) in [6, 6.07) is 22.3. The van der Waals surface area contributed by atoms with Crippen molar-refractivity contribution in [2.24, 2.45) is 33.0 Å². The van der Waals surface area contributed by atoms with Crippen LogP contribution in [0.25, 0.3) is 0 Å². The van der Waals surface area contributed by atoms with Crippen molar-refractivity contribution in [3.63, 3.8) is 0 Å². The third kappa shape index (κ3) is 14.4. The Morgan fingerprint density at radius 2 is 1.03 bits per heavy atom. The Hall–Kier alpha value is -4.70. The van der Waals surface area contributed by atoms with Gasteiger partial charge in [0.2, 0.25) is 0 Å². The van der Waals surface area contributed by atoms with Crippen molar-refractivity contribution in [2.75, 3.05) is 26.4 Å². The molecule has 0 aromatic heterocycles. The van der Waals surface area contributed by atoms with Crippen LogP contribution in [0.1, 0.15) is 190 Å². The van der Waals surface area contributed by atoms with Gasteiger partial charge in [-0.3, -0.25) is 0 Å². The molecule has 3 aliphatic heterocycles. The Labute approximate surface area is 466 Å². The molecular weight excluding hydrogens is 991 g/mol. The molecular formula is C64H95NO13. The number of carbonyl (C=O) groups is 2. The van der Waals surface area contributed by atoms with Gasteiger partial charge in [0.25, 0.3) is 0 Å². The van der Waals surface area contributed by atoms with Crippen LogP contribution in [-0.4, -0.2) is 85.3 Å². The van der Waals surface area contributed by atoms with E-state index >= 15 is 0 Å². The van der Waals surface area contributed by atoms with Gasteiger partial charge in [-0.25, -0.2) is 9.59 Å². The molecule has 3 aromatic carbocycles. The Balaban J connectivity index is 1.34. The van der Waals surface area contributed by atoms with Crippen LogP contribution in [0.15, 0.2) is 85.5 Å². The highest BCUT2D eigenvalue weighted by molar-refractivity contribution is 5.81. The van der Waals surface area contributed by atoms with Gasteiger partial charge in [0.1, 0.15) is 23.9 Å². The minimum absolute atomic E-state index is 0.0177. The van der Waals surface area contributed by atoms with Crippen molar-refractivity contribution in [3.05, 3.63) is 102 Å². The zero-order chi connectivity index (χ0) is 57.1.